The van der Waals surface area contributed by atoms with Crippen molar-refractivity contribution >= 4 is 50.7 Å². The fourth-order valence-corrected chi connectivity index (χ4v) is 5.20. The summed E-state index contributed by atoms with van der Waals surface area (Å²) < 4.78 is 26.3. The van der Waals surface area contributed by atoms with Crippen LogP contribution in [0.5, 0.6) is 0 Å². The summed E-state index contributed by atoms with van der Waals surface area (Å²) in [6, 6.07) is 11.6. The van der Waals surface area contributed by atoms with Gasteiger partial charge in [0.2, 0.25) is 21.8 Å². The molecule has 0 aromatic heterocycles. The normalized spacial score (nSPS) is 12.3. The maximum absolute atomic E-state index is 13.4. The molecule has 204 valence electrons. The lowest BCUT2D eigenvalue weighted by molar-refractivity contribution is -0.140. The largest absolute Gasteiger partial charge is 0.354 e. The van der Waals surface area contributed by atoms with E-state index in [9.17, 15) is 18.0 Å². The molecule has 0 aliphatic rings. The van der Waals surface area contributed by atoms with Gasteiger partial charge in [-0.25, -0.2) is 8.42 Å². The number of nitrogens with one attached hydrogen (secondary N) is 1. The van der Waals surface area contributed by atoms with Gasteiger partial charge < -0.3 is 10.2 Å². The van der Waals surface area contributed by atoms with Crippen molar-refractivity contribution in [1.82, 2.24) is 10.2 Å². The number of amides is 2. The minimum Gasteiger partial charge on any atom is -0.354 e. The molecule has 0 unspecified atom stereocenters. The molecular weight excluding hydrogens is 533 g/mol. The lowest BCUT2D eigenvalue weighted by Crippen LogP contribution is -2.48. The van der Waals surface area contributed by atoms with Crippen LogP contribution in [-0.2, 0) is 32.6 Å². The Labute approximate surface area is 231 Å². The van der Waals surface area contributed by atoms with Crippen molar-refractivity contribution in [3.8, 4) is 0 Å². The number of sulfonamides is 1. The highest BCUT2D eigenvalue weighted by Crippen LogP contribution is 2.24. The van der Waals surface area contributed by atoms with Gasteiger partial charge in [-0.1, -0.05) is 62.2 Å². The molecule has 0 saturated carbocycles. The van der Waals surface area contributed by atoms with Gasteiger partial charge in [-0.2, -0.15) is 0 Å². The van der Waals surface area contributed by atoms with Crippen LogP contribution in [0.25, 0.3) is 0 Å². The van der Waals surface area contributed by atoms with Crippen molar-refractivity contribution < 1.29 is 18.0 Å². The maximum atomic E-state index is 13.4. The van der Waals surface area contributed by atoms with E-state index < -0.39 is 16.1 Å². The van der Waals surface area contributed by atoms with Crippen molar-refractivity contribution in [2.24, 2.45) is 5.92 Å². The Bertz CT molecular complexity index is 1170. The quantitative estimate of drug-likeness (QED) is 0.355. The van der Waals surface area contributed by atoms with Gasteiger partial charge in [0.15, 0.2) is 0 Å². The molecule has 1 atom stereocenters. The Morgan fingerprint density at radius 3 is 2.22 bits per heavy atom. The average Bonchev–Trinajstić information content (AvgIpc) is 2.83. The number of nitrogens with zero attached hydrogens (tertiary/aromatic N) is 2. The molecule has 37 heavy (non-hydrogen) atoms. The van der Waals surface area contributed by atoms with E-state index in [-0.39, 0.29) is 43.7 Å². The third kappa shape index (κ3) is 9.51. The first-order chi connectivity index (χ1) is 17.3. The van der Waals surface area contributed by atoms with Gasteiger partial charge in [-0.3, -0.25) is 13.9 Å². The second kappa shape index (κ2) is 14.0. The molecule has 10 heteroatoms. The Balaban J connectivity index is 2.19. The molecule has 0 radical (unpaired) electrons. The van der Waals surface area contributed by atoms with E-state index in [1.807, 2.05) is 32.9 Å². The zero-order valence-electron chi connectivity index (χ0n) is 22.1. The zero-order chi connectivity index (χ0) is 27.8. The SMILES string of the molecule is CCc1ccc(N(CCCC(=O)N(Cc2ccc(Cl)cc2Cl)[C@H](C)C(=O)NCC(C)C)S(C)(=O)=O)cc1. The molecule has 0 spiro atoms. The van der Waals surface area contributed by atoms with Crippen LogP contribution in [-0.4, -0.2) is 50.5 Å². The van der Waals surface area contributed by atoms with Crippen LogP contribution in [0, 0.1) is 5.92 Å². The molecule has 2 amide bonds. The van der Waals surface area contributed by atoms with E-state index >= 15 is 0 Å². The first-order valence-electron chi connectivity index (χ1n) is 12.4. The van der Waals surface area contributed by atoms with E-state index in [0.29, 0.717) is 27.8 Å². The van der Waals surface area contributed by atoms with Crippen molar-refractivity contribution in [3.05, 3.63) is 63.6 Å². The number of anilines is 1. The van der Waals surface area contributed by atoms with Crippen LogP contribution in [0.4, 0.5) is 5.69 Å². The predicted octanol–water partition coefficient (Wildman–Crippen LogP) is 5.29. The van der Waals surface area contributed by atoms with Gasteiger partial charge in [0.1, 0.15) is 6.04 Å². The predicted molar refractivity (Wildman–Crippen MR) is 152 cm³/mol. The van der Waals surface area contributed by atoms with Crippen LogP contribution in [0.15, 0.2) is 42.5 Å². The molecule has 0 aliphatic carbocycles. The van der Waals surface area contributed by atoms with E-state index in [1.165, 1.54) is 9.21 Å². The summed E-state index contributed by atoms with van der Waals surface area (Å²) in [5, 5.41) is 3.75. The van der Waals surface area contributed by atoms with Crippen LogP contribution in [0.2, 0.25) is 10.0 Å². The molecule has 0 heterocycles. The summed E-state index contributed by atoms with van der Waals surface area (Å²) in [5.41, 5.74) is 2.32. The first kappa shape index (κ1) is 30.9. The zero-order valence-corrected chi connectivity index (χ0v) is 24.5. The van der Waals surface area contributed by atoms with Gasteiger partial charge in [0, 0.05) is 36.1 Å². The molecule has 0 bridgehead atoms. The van der Waals surface area contributed by atoms with Crippen molar-refractivity contribution in [1.29, 1.82) is 0 Å². The Morgan fingerprint density at radius 2 is 1.68 bits per heavy atom. The highest BCUT2D eigenvalue weighted by molar-refractivity contribution is 7.92. The summed E-state index contributed by atoms with van der Waals surface area (Å²) in [5.74, 6) is -0.270. The van der Waals surface area contributed by atoms with Crippen LogP contribution >= 0.6 is 23.2 Å². The monoisotopic (exact) mass is 569 g/mol. The number of benzene rings is 2. The number of aryl methyl sites for hydroxylation is 1. The van der Waals surface area contributed by atoms with Crippen LogP contribution in [0.3, 0.4) is 0 Å². The molecule has 2 aromatic rings. The molecule has 1 N–H and O–H groups in total. The van der Waals surface area contributed by atoms with Crippen LogP contribution in [0.1, 0.15) is 51.7 Å². The maximum Gasteiger partial charge on any atom is 0.242 e. The minimum atomic E-state index is -3.54. The van der Waals surface area contributed by atoms with Gasteiger partial charge in [-0.15, -0.1) is 0 Å². The highest BCUT2D eigenvalue weighted by Gasteiger charge is 2.27. The van der Waals surface area contributed by atoms with E-state index in [4.69, 9.17) is 23.2 Å². The van der Waals surface area contributed by atoms with E-state index in [2.05, 4.69) is 5.32 Å². The number of carbonyl (C=O) groups excluding carboxylic acids is 2. The third-order valence-corrected chi connectivity index (χ3v) is 7.77. The van der Waals surface area contributed by atoms with Crippen molar-refractivity contribution in [2.45, 2.75) is 59.5 Å². The number of hydrogen-bond acceptors (Lipinski definition) is 4. The number of carbonyl (C=O) groups is 2. The van der Waals surface area contributed by atoms with Gasteiger partial charge in [0.25, 0.3) is 0 Å². The Hall–Kier alpha value is -2.29. The summed E-state index contributed by atoms with van der Waals surface area (Å²) in [7, 11) is -3.54. The second-order valence-corrected chi connectivity index (χ2v) is 12.3. The molecular formula is C27H37Cl2N3O4S. The second-order valence-electron chi connectivity index (χ2n) is 9.53. The fourth-order valence-electron chi connectivity index (χ4n) is 3.77. The highest BCUT2D eigenvalue weighted by atomic mass is 35.5. The average molecular weight is 571 g/mol. The standard InChI is InChI=1S/C27H37Cl2N3O4S/c1-6-21-9-13-24(14-10-21)32(37(5,35)36)15-7-8-26(33)31(20(4)27(34)30-17-19(2)3)18-22-11-12-23(28)16-25(22)29/h9-14,16,19-20H,6-8,15,17-18H2,1-5H3,(H,30,34)/t20-/m1/s1. The summed E-state index contributed by atoms with van der Waals surface area (Å²) in [4.78, 5) is 27.7. The van der Waals surface area contributed by atoms with E-state index in [0.717, 1.165) is 18.2 Å². The lowest BCUT2D eigenvalue weighted by atomic mass is 10.1. The molecule has 0 aliphatic heterocycles. The number of rotatable bonds is 13. The summed E-state index contributed by atoms with van der Waals surface area (Å²) in [6.45, 7) is 8.44. The summed E-state index contributed by atoms with van der Waals surface area (Å²) in [6.07, 6.45) is 2.35. The Kier molecular flexibility index (Phi) is 11.7. The Morgan fingerprint density at radius 1 is 1.03 bits per heavy atom. The van der Waals surface area contributed by atoms with E-state index in [1.54, 1.807) is 37.3 Å². The molecule has 0 fully saturated rings. The topological polar surface area (TPSA) is 86.8 Å². The first-order valence-corrected chi connectivity index (χ1v) is 15.0. The number of hydrogen-bond donors (Lipinski definition) is 1. The molecule has 2 aromatic carbocycles. The molecule has 2 rings (SSSR count). The van der Waals surface area contributed by atoms with Gasteiger partial charge in [0.05, 0.1) is 11.9 Å². The molecule has 0 saturated heterocycles. The van der Waals surface area contributed by atoms with Crippen molar-refractivity contribution in [2.75, 3.05) is 23.7 Å². The summed E-state index contributed by atoms with van der Waals surface area (Å²) >= 11 is 12.4. The molecule has 7 nitrogen and oxygen atoms in total. The minimum absolute atomic E-state index is 0.0616. The van der Waals surface area contributed by atoms with Gasteiger partial charge in [-0.05, 0) is 61.1 Å². The fraction of sp³-hybridized carbons (Fsp3) is 0.481. The lowest BCUT2D eigenvalue weighted by Gasteiger charge is -2.30. The third-order valence-electron chi connectivity index (χ3n) is 5.99. The number of halogens is 2. The van der Waals surface area contributed by atoms with Gasteiger partial charge >= 0.3 is 0 Å². The van der Waals surface area contributed by atoms with Crippen LogP contribution < -0.4 is 9.62 Å². The smallest absolute Gasteiger partial charge is 0.242 e. The van der Waals surface area contributed by atoms with Crippen molar-refractivity contribution in [3.63, 3.8) is 0 Å².